The maximum Gasteiger partial charge on any atom is 0.256 e. The predicted octanol–water partition coefficient (Wildman–Crippen LogP) is 4.22. The van der Waals surface area contributed by atoms with E-state index in [0.717, 1.165) is 11.1 Å². The number of hydrogen-bond acceptors (Lipinski definition) is 5. The minimum atomic E-state index is -0.307. The summed E-state index contributed by atoms with van der Waals surface area (Å²) in [5.74, 6) is 0.681. The molecule has 0 saturated heterocycles. The Kier molecular flexibility index (Phi) is 6.32. The van der Waals surface area contributed by atoms with Crippen molar-refractivity contribution in [2.24, 2.45) is 0 Å². The van der Waals surface area contributed by atoms with Gasteiger partial charge in [-0.15, -0.1) is 0 Å². The van der Waals surface area contributed by atoms with Crippen LogP contribution in [0.4, 0.5) is 11.4 Å². The van der Waals surface area contributed by atoms with Gasteiger partial charge in [0.15, 0.2) is 0 Å². The van der Waals surface area contributed by atoms with Crippen molar-refractivity contribution in [1.82, 2.24) is 4.98 Å². The van der Waals surface area contributed by atoms with E-state index in [1.807, 2.05) is 13.8 Å². The average Bonchev–Trinajstić information content (AvgIpc) is 2.75. The van der Waals surface area contributed by atoms with Crippen LogP contribution in [-0.4, -0.2) is 31.0 Å². The van der Waals surface area contributed by atoms with Gasteiger partial charge < -0.3 is 20.1 Å². The standard InChI is InChI=1S/C23H23N3O4/c1-14-5-7-17(25-22(27)16-6-8-21(30-4)15(2)9-16)11-20(14)23(28)26-18-10-19(29-3)13-24-12-18/h5-13H,1-4H3,(H,25,27)(H,26,28). The first-order chi connectivity index (χ1) is 14.4. The van der Waals surface area contributed by atoms with Gasteiger partial charge in [0, 0.05) is 22.9 Å². The number of carbonyl (C=O) groups excluding carboxylic acids is 2. The number of amides is 2. The van der Waals surface area contributed by atoms with E-state index in [0.29, 0.717) is 34.0 Å². The Morgan fingerprint density at radius 3 is 2.27 bits per heavy atom. The molecule has 1 aromatic heterocycles. The summed E-state index contributed by atoms with van der Waals surface area (Å²) < 4.78 is 10.4. The van der Waals surface area contributed by atoms with Crippen molar-refractivity contribution in [1.29, 1.82) is 0 Å². The third-order valence-corrected chi connectivity index (χ3v) is 4.60. The summed E-state index contributed by atoms with van der Waals surface area (Å²) >= 11 is 0. The highest BCUT2D eigenvalue weighted by molar-refractivity contribution is 6.08. The normalized spacial score (nSPS) is 10.3. The number of hydrogen-bond donors (Lipinski definition) is 2. The quantitative estimate of drug-likeness (QED) is 0.641. The Balaban J connectivity index is 1.78. The Hall–Kier alpha value is -3.87. The first kappa shape index (κ1) is 20.9. The maximum atomic E-state index is 12.8. The van der Waals surface area contributed by atoms with Gasteiger partial charge in [-0.1, -0.05) is 6.07 Å². The number of methoxy groups -OCH3 is 2. The van der Waals surface area contributed by atoms with Crippen molar-refractivity contribution in [3.63, 3.8) is 0 Å². The SMILES string of the molecule is COc1cncc(NC(=O)c2cc(NC(=O)c3ccc(OC)c(C)c3)ccc2C)c1. The lowest BCUT2D eigenvalue weighted by Gasteiger charge is -2.12. The fourth-order valence-corrected chi connectivity index (χ4v) is 2.96. The summed E-state index contributed by atoms with van der Waals surface area (Å²) in [5.41, 5.74) is 3.63. The smallest absolute Gasteiger partial charge is 0.256 e. The van der Waals surface area contributed by atoms with Crippen LogP contribution in [0, 0.1) is 13.8 Å². The molecule has 1 heterocycles. The number of carbonyl (C=O) groups is 2. The lowest BCUT2D eigenvalue weighted by atomic mass is 10.1. The molecular formula is C23H23N3O4. The number of pyridine rings is 1. The van der Waals surface area contributed by atoms with Crippen LogP contribution in [0.2, 0.25) is 0 Å². The average molecular weight is 405 g/mol. The summed E-state index contributed by atoms with van der Waals surface area (Å²) in [4.78, 5) is 29.4. The molecule has 3 aromatic rings. The fourth-order valence-electron chi connectivity index (χ4n) is 2.96. The molecule has 0 radical (unpaired) electrons. The molecule has 0 spiro atoms. The van der Waals surface area contributed by atoms with Gasteiger partial charge in [-0.25, -0.2) is 0 Å². The molecule has 30 heavy (non-hydrogen) atoms. The van der Waals surface area contributed by atoms with Crippen molar-refractivity contribution in [3.8, 4) is 11.5 Å². The van der Waals surface area contributed by atoms with Crippen LogP contribution in [0.5, 0.6) is 11.5 Å². The van der Waals surface area contributed by atoms with E-state index in [1.165, 1.54) is 13.3 Å². The summed E-state index contributed by atoms with van der Waals surface area (Å²) in [6.45, 7) is 3.70. The van der Waals surface area contributed by atoms with Gasteiger partial charge in [-0.2, -0.15) is 0 Å². The van der Waals surface area contributed by atoms with Crippen LogP contribution in [0.15, 0.2) is 54.9 Å². The highest BCUT2D eigenvalue weighted by Crippen LogP contribution is 2.22. The number of aryl methyl sites for hydroxylation is 2. The van der Waals surface area contributed by atoms with Crippen LogP contribution >= 0.6 is 0 Å². The molecule has 3 rings (SSSR count). The van der Waals surface area contributed by atoms with Crippen LogP contribution in [0.25, 0.3) is 0 Å². The molecule has 7 heteroatoms. The Morgan fingerprint density at radius 2 is 1.57 bits per heavy atom. The van der Waals surface area contributed by atoms with Crippen LogP contribution < -0.4 is 20.1 Å². The van der Waals surface area contributed by atoms with Crippen LogP contribution in [0.3, 0.4) is 0 Å². The van der Waals surface area contributed by atoms with E-state index in [9.17, 15) is 9.59 Å². The van der Waals surface area contributed by atoms with Gasteiger partial charge in [-0.3, -0.25) is 14.6 Å². The van der Waals surface area contributed by atoms with Crippen LogP contribution in [0.1, 0.15) is 31.8 Å². The number of nitrogens with one attached hydrogen (secondary N) is 2. The lowest BCUT2D eigenvalue weighted by molar-refractivity contribution is 0.101. The third kappa shape index (κ3) is 4.75. The monoisotopic (exact) mass is 405 g/mol. The van der Waals surface area contributed by atoms with E-state index in [1.54, 1.807) is 55.8 Å². The third-order valence-electron chi connectivity index (χ3n) is 4.60. The molecule has 7 nitrogen and oxygen atoms in total. The highest BCUT2D eigenvalue weighted by atomic mass is 16.5. The Labute approximate surface area is 175 Å². The maximum absolute atomic E-state index is 12.8. The van der Waals surface area contributed by atoms with E-state index in [-0.39, 0.29) is 11.8 Å². The molecule has 2 aromatic carbocycles. The number of ether oxygens (including phenoxy) is 2. The second-order valence-electron chi connectivity index (χ2n) is 6.74. The molecule has 0 aliphatic rings. The topological polar surface area (TPSA) is 89.5 Å². The number of rotatable bonds is 6. The molecule has 2 N–H and O–H groups in total. The van der Waals surface area contributed by atoms with E-state index in [2.05, 4.69) is 15.6 Å². The second kappa shape index (κ2) is 9.09. The predicted molar refractivity (Wildman–Crippen MR) is 116 cm³/mol. The molecule has 0 atom stereocenters. The summed E-state index contributed by atoms with van der Waals surface area (Å²) in [7, 11) is 3.12. The largest absolute Gasteiger partial charge is 0.496 e. The Morgan fingerprint density at radius 1 is 0.800 bits per heavy atom. The highest BCUT2D eigenvalue weighted by Gasteiger charge is 2.14. The van der Waals surface area contributed by atoms with Crippen molar-refractivity contribution in [3.05, 3.63) is 77.1 Å². The van der Waals surface area contributed by atoms with E-state index in [4.69, 9.17) is 9.47 Å². The zero-order valence-corrected chi connectivity index (χ0v) is 17.3. The summed E-state index contributed by atoms with van der Waals surface area (Å²) in [6, 6.07) is 12.1. The van der Waals surface area contributed by atoms with Gasteiger partial charge in [0.25, 0.3) is 11.8 Å². The van der Waals surface area contributed by atoms with Crippen LogP contribution in [-0.2, 0) is 0 Å². The molecular weight excluding hydrogens is 382 g/mol. The number of nitrogens with zero attached hydrogens (tertiary/aromatic N) is 1. The molecule has 0 bridgehead atoms. The molecule has 0 saturated carbocycles. The molecule has 0 unspecified atom stereocenters. The molecule has 2 amide bonds. The van der Waals surface area contributed by atoms with Crippen molar-refractivity contribution in [2.75, 3.05) is 24.9 Å². The number of anilines is 2. The molecule has 0 aliphatic heterocycles. The van der Waals surface area contributed by atoms with E-state index < -0.39 is 0 Å². The lowest BCUT2D eigenvalue weighted by Crippen LogP contribution is -2.16. The van der Waals surface area contributed by atoms with Gasteiger partial charge in [0.2, 0.25) is 0 Å². The fraction of sp³-hybridized carbons (Fsp3) is 0.174. The minimum Gasteiger partial charge on any atom is -0.496 e. The molecule has 154 valence electrons. The zero-order chi connectivity index (χ0) is 21.7. The van der Waals surface area contributed by atoms with Crippen molar-refractivity contribution in [2.45, 2.75) is 13.8 Å². The minimum absolute atomic E-state index is 0.270. The summed E-state index contributed by atoms with van der Waals surface area (Å²) in [5, 5.41) is 5.63. The Bertz CT molecular complexity index is 1100. The summed E-state index contributed by atoms with van der Waals surface area (Å²) in [6.07, 6.45) is 3.09. The number of aromatic nitrogens is 1. The van der Waals surface area contributed by atoms with Gasteiger partial charge >= 0.3 is 0 Å². The van der Waals surface area contributed by atoms with Gasteiger partial charge in [0.05, 0.1) is 32.3 Å². The number of benzene rings is 2. The first-order valence-electron chi connectivity index (χ1n) is 9.28. The van der Waals surface area contributed by atoms with Crippen molar-refractivity contribution < 1.29 is 19.1 Å². The van der Waals surface area contributed by atoms with Gasteiger partial charge in [0.1, 0.15) is 11.5 Å². The molecule has 0 fully saturated rings. The van der Waals surface area contributed by atoms with E-state index >= 15 is 0 Å². The zero-order valence-electron chi connectivity index (χ0n) is 17.3. The molecule has 0 aliphatic carbocycles. The van der Waals surface area contributed by atoms with Crippen molar-refractivity contribution >= 4 is 23.2 Å². The van der Waals surface area contributed by atoms with Gasteiger partial charge in [-0.05, 0) is 55.3 Å². The first-order valence-corrected chi connectivity index (χ1v) is 9.28. The second-order valence-corrected chi connectivity index (χ2v) is 6.74.